The largest absolute Gasteiger partial charge is 0.343 e. The molecule has 1 aliphatic rings. The van der Waals surface area contributed by atoms with E-state index in [0.717, 1.165) is 55.8 Å². The van der Waals surface area contributed by atoms with Gasteiger partial charge >= 0.3 is 0 Å². The monoisotopic (exact) mass is 433 g/mol. The van der Waals surface area contributed by atoms with Gasteiger partial charge in [-0.1, -0.05) is 62.4 Å². The fraction of sp³-hybridized carbons (Fsp3) is 0.385. The lowest BCUT2D eigenvalue weighted by molar-refractivity contribution is -0.127. The van der Waals surface area contributed by atoms with E-state index in [2.05, 4.69) is 72.3 Å². The molecule has 0 saturated carbocycles. The van der Waals surface area contributed by atoms with Crippen molar-refractivity contribution < 1.29 is 4.79 Å². The summed E-state index contributed by atoms with van der Waals surface area (Å²) in [5, 5.41) is 2.22. The van der Waals surface area contributed by atoms with Gasteiger partial charge in [0.2, 0.25) is 5.91 Å². The standard InChI is InChI=1S/C26H31N3OS/c1-3-20-13-8-14-21(4-2)25(20)27-26-29(18-10-17-28-16-9-15-24(28)30)23(19-31-26)22-11-6-5-7-12-22/h5-8,11-14,19H,3-4,9-10,15-18H2,1-2H3. The molecule has 0 atom stereocenters. The molecule has 0 spiro atoms. The first-order chi connectivity index (χ1) is 15.2. The second-order valence-corrected chi connectivity index (χ2v) is 8.84. The second kappa shape index (κ2) is 10.1. The SMILES string of the molecule is CCc1cccc(CC)c1N=c1scc(-c2ccccc2)n1CCCN1CCCC1=O. The van der Waals surface area contributed by atoms with Gasteiger partial charge in [-0.05, 0) is 42.4 Å². The minimum absolute atomic E-state index is 0.299. The summed E-state index contributed by atoms with van der Waals surface area (Å²) >= 11 is 1.70. The molecule has 0 bridgehead atoms. The Morgan fingerprint density at radius 3 is 2.35 bits per heavy atom. The molecule has 4 nitrogen and oxygen atoms in total. The molecule has 0 aliphatic carbocycles. The van der Waals surface area contributed by atoms with Crippen LogP contribution < -0.4 is 4.80 Å². The predicted molar refractivity (Wildman–Crippen MR) is 129 cm³/mol. The summed E-state index contributed by atoms with van der Waals surface area (Å²) in [6.07, 6.45) is 4.58. The number of rotatable bonds is 8. The van der Waals surface area contributed by atoms with Crippen molar-refractivity contribution in [1.82, 2.24) is 9.47 Å². The van der Waals surface area contributed by atoms with Crippen LogP contribution in [0.25, 0.3) is 11.3 Å². The van der Waals surface area contributed by atoms with Gasteiger partial charge in [-0.15, -0.1) is 11.3 Å². The maximum absolute atomic E-state index is 12.0. The van der Waals surface area contributed by atoms with Crippen molar-refractivity contribution >= 4 is 22.9 Å². The van der Waals surface area contributed by atoms with Crippen LogP contribution in [0.15, 0.2) is 58.9 Å². The van der Waals surface area contributed by atoms with Crippen LogP contribution in [0.1, 0.15) is 44.2 Å². The summed E-state index contributed by atoms with van der Waals surface area (Å²) in [6, 6.07) is 17.0. The summed E-state index contributed by atoms with van der Waals surface area (Å²) in [6.45, 7) is 6.96. The first-order valence-electron chi connectivity index (χ1n) is 11.4. The topological polar surface area (TPSA) is 37.6 Å². The van der Waals surface area contributed by atoms with E-state index in [1.54, 1.807) is 11.3 Å². The van der Waals surface area contributed by atoms with Crippen molar-refractivity contribution in [2.75, 3.05) is 13.1 Å². The number of likely N-dealkylation sites (tertiary alicyclic amines) is 1. The fourth-order valence-corrected chi connectivity index (χ4v) is 5.23. The molecule has 162 valence electrons. The Labute approximate surface area is 188 Å². The van der Waals surface area contributed by atoms with E-state index in [1.165, 1.54) is 22.4 Å². The highest BCUT2D eigenvalue weighted by Gasteiger charge is 2.19. The number of thiazole rings is 1. The van der Waals surface area contributed by atoms with Crippen LogP contribution in [-0.2, 0) is 24.2 Å². The molecule has 1 aliphatic heterocycles. The van der Waals surface area contributed by atoms with E-state index in [4.69, 9.17) is 4.99 Å². The molecule has 5 heteroatoms. The third-order valence-electron chi connectivity index (χ3n) is 6.02. The second-order valence-electron chi connectivity index (χ2n) is 8.00. The summed E-state index contributed by atoms with van der Waals surface area (Å²) in [5.41, 5.74) is 6.12. The van der Waals surface area contributed by atoms with Crippen molar-refractivity contribution in [3.05, 3.63) is 69.8 Å². The first kappa shape index (κ1) is 21.6. The molecular formula is C26H31N3OS. The van der Waals surface area contributed by atoms with E-state index in [0.29, 0.717) is 12.3 Å². The molecule has 3 aromatic rings. The number of carbonyl (C=O) groups excluding carboxylic acids is 1. The average molecular weight is 434 g/mol. The number of hydrogen-bond acceptors (Lipinski definition) is 3. The molecule has 2 aromatic carbocycles. The highest BCUT2D eigenvalue weighted by Crippen LogP contribution is 2.26. The van der Waals surface area contributed by atoms with Crippen molar-refractivity contribution in [3.63, 3.8) is 0 Å². The molecule has 0 unspecified atom stereocenters. The highest BCUT2D eigenvalue weighted by atomic mass is 32.1. The maximum atomic E-state index is 12.0. The van der Waals surface area contributed by atoms with Crippen LogP contribution in [0.3, 0.4) is 0 Å². The summed E-state index contributed by atoms with van der Waals surface area (Å²) in [7, 11) is 0. The van der Waals surface area contributed by atoms with Gasteiger partial charge in [0.15, 0.2) is 4.80 Å². The summed E-state index contributed by atoms with van der Waals surface area (Å²) < 4.78 is 2.34. The van der Waals surface area contributed by atoms with E-state index in [-0.39, 0.29) is 0 Å². The van der Waals surface area contributed by atoms with Crippen LogP contribution in [0.4, 0.5) is 5.69 Å². The molecule has 0 radical (unpaired) electrons. The molecule has 1 saturated heterocycles. The Kier molecular flexibility index (Phi) is 7.03. The van der Waals surface area contributed by atoms with E-state index >= 15 is 0 Å². The Hall–Kier alpha value is -2.66. The molecule has 31 heavy (non-hydrogen) atoms. The lowest BCUT2D eigenvalue weighted by Gasteiger charge is -2.16. The first-order valence-corrected chi connectivity index (χ1v) is 12.3. The smallest absolute Gasteiger partial charge is 0.222 e. The van der Waals surface area contributed by atoms with Gasteiger partial charge in [0.1, 0.15) is 0 Å². The van der Waals surface area contributed by atoms with E-state index < -0.39 is 0 Å². The minimum atomic E-state index is 0.299. The van der Waals surface area contributed by atoms with Gasteiger partial charge in [-0.3, -0.25) is 4.79 Å². The van der Waals surface area contributed by atoms with Crippen molar-refractivity contribution in [1.29, 1.82) is 0 Å². The third kappa shape index (κ3) is 4.82. The zero-order valence-electron chi connectivity index (χ0n) is 18.5. The zero-order valence-corrected chi connectivity index (χ0v) is 19.3. The van der Waals surface area contributed by atoms with Gasteiger partial charge in [-0.25, -0.2) is 4.99 Å². The van der Waals surface area contributed by atoms with Crippen LogP contribution >= 0.6 is 11.3 Å². The summed E-state index contributed by atoms with van der Waals surface area (Å²) in [5.74, 6) is 0.299. The van der Waals surface area contributed by atoms with E-state index in [1.807, 2.05) is 4.90 Å². The highest BCUT2D eigenvalue weighted by molar-refractivity contribution is 7.07. The van der Waals surface area contributed by atoms with Gasteiger partial charge in [0, 0.05) is 31.4 Å². The predicted octanol–water partition coefficient (Wildman–Crippen LogP) is 5.59. The van der Waals surface area contributed by atoms with Gasteiger partial charge in [0.05, 0.1) is 11.4 Å². The molecule has 1 aromatic heterocycles. The fourth-order valence-electron chi connectivity index (χ4n) is 4.29. The van der Waals surface area contributed by atoms with Crippen molar-refractivity contribution in [2.45, 2.75) is 52.5 Å². The lowest BCUT2D eigenvalue weighted by Crippen LogP contribution is -2.27. The van der Waals surface area contributed by atoms with Gasteiger partial charge < -0.3 is 9.47 Å². The Morgan fingerprint density at radius 2 is 1.71 bits per heavy atom. The number of nitrogens with zero attached hydrogens (tertiary/aromatic N) is 3. The van der Waals surface area contributed by atoms with Crippen LogP contribution in [0.2, 0.25) is 0 Å². The van der Waals surface area contributed by atoms with E-state index in [9.17, 15) is 4.79 Å². The molecule has 4 rings (SSSR count). The Bertz CT molecular complexity index is 1080. The summed E-state index contributed by atoms with van der Waals surface area (Å²) in [4.78, 5) is 20.2. The number of benzene rings is 2. The van der Waals surface area contributed by atoms with Crippen molar-refractivity contribution in [3.8, 4) is 11.3 Å². The quantitative estimate of drug-likeness (QED) is 0.456. The van der Waals surface area contributed by atoms with Crippen molar-refractivity contribution in [2.24, 2.45) is 4.99 Å². The number of aryl methyl sites for hydroxylation is 2. The molecule has 0 N–H and O–H groups in total. The lowest BCUT2D eigenvalue weighted by atomic mass is 10.0. The number of carbonyl (C=O) groups is 1. The van der Waals surface area contributed by atoms with Crippen LogP contribution in [-0.4, -0.2) is 28.5 Å². The van der Waals surface area contributed by atoms with Crippen LogP contribution in [0.5, 0.6) is 0 Å². The average Bonchev–Trinajstić information content (AvgIpc) is 3.40. The molecular weight excluding hydrogens is 402 g/mol. The third-order valence-corrected chi connectivity index (χ3v) is 6.88. The van der Waals surface area contributed by atoms with Crippen LogP contribution in [0, 0.1) is 0 Å². The number of amides is 1. The molecule has 2 heterocycles. The number of para-hydroxylation sites is 1. The Morgan fingerprint density at radius 1 is 0.968 bits per heavy atom. The minimum Gasteiger partial charge on any atom is -0.343 e. The number of hydrogen-bond donors (Lipinski definition) is 0. The Balaban J connectivity index is 1.72. The van der Waals surface area contributed by atoms with Gasteiger partial charge in [0.25, 0.3) is 0 Å². The maximum Gasteiger partial charge on any atom is 0.222 e. The molecule has 1 amide bonds. The normalized spacial score (nSPS) is 14.6. The zero-order chi connectivity index (χ0) is 21.6. The molecule has 1 fully saturated rings. The number of aromatic nitrogens is 1. The van der Waals surface area contributed by atoms with Gasteiger partial charge in [-0.2, -0.15) is 0 Å².